The van der Waals surface area contributed by atoms with Gasteiger partial charge in [-0.1, -0.05) is 25.1 Å². The molecule has 0 fully saturated rings. The summed E-state index contributed by atoms with van der Waals surface area (Å²) >= 11 is 0. The molecule has 0 spiro atoms. The highest BCUT2D eigenvalue weighted by Crippen LogP contribution is 2.39. The van der Waals surface area contributed by atoms with Crippen LogP contribution in [0.5, 0.6) is 0 Å². The third kappa shape index (κ3) is 4.18. The van der Waals surface area contributed by atoms with Crippen molar-refractivity contribution in [1.82, 2.24) is 5.32 Å². The van der Waals surface area contributed by atoms with Crippen LogP contribution in [0.15, 0.2) is 63.9 Å². The van der Waals surface area contributed by atoms with Crippen LogP contribution >= 0.6 is 0 Å². The molecular weight excluding hydrogens is 446 g/mol. The first-order valence-corrected chi connectivity index (χ1v) is 11.0. The van der Waals surface area contributed by atoms with Crippen molar-refractivity contribution in [2.75, 3.05) is 5.32 Å². The van der Waals surface area contributed by atoms with Crippen LogP contribution in [0, 0.1) is 23.3 Å². The van der Waals surface area contributed by atoms with Gasteiger partial charge in [0.1, 0.15) is 28.2 Å². The SMILES string of the molecule is C[C@@H](c1ccc(F)cc1F)c1c(F)ccc2c1NC(NCc1cccc(F)c1)=NS2(=O)=O. The van der Waals surface area contributed by atoms with E-state index in [9.17, 15) is 26.0 Å². The van der Waals surface area contributed by atoms with Crippen LogP contribution in [0.4, 0.5) is 23.2 Å². The van der Waals surface area contributed by atoms with Crippen molar-refractivity contribution in [3.05, 3.63) is 94.6 Å². The van der Waals surface area contributed by atoms with Gasteiger partial charge in [-0.15, -0.1) is 4.40 Å². The molecule has 1 aliphatic rings. The van der Waals surface area contributed by atoms with Crippen LogP contribution in [0.25, 0.3) is 0 Å². The molecule has 0 amide bonds. The van der Waals surface area contributed by atoms with E-state index in [1.54, 1.807) is 6.07 Å². The zero-order valence-electron chi connectivity index (χ0n) is 16.7. The maximum absolute atomic E-state index is 14.9. The van der Waals surface area contributed by atoms with E-state index in [1.165, 1.54) is 31.2 Å². The molecule has 5 nitrogen and oxygen atoms in total. The van der Waals surface area contributed by atoms with Gasteiger partial charge in [-0.2, -0.15) is 8.42 Å². The van der Waals surface area contributed by atoms with E-state index in [2.05, 4.69) is 15.0 Å². The smallest absolute Gasteiger partial charge is 0.287 e. The van der Waals surface area contributed by atoms with E-state index in [0.717, 1.165) is 18.2 Å². The monoisotopic (exact) mass is 463 g/mol. The van der Waals surface area contributed by atoms with Gasteiger partial charge in [0, 0.05) is 24.1 Å². The van der Waals surface area contributed by atoms with Gasteiger partial charge >= 0.3 is 0 Å². The lowest BCUT2D eigenvalue weighted by Crippen LogP contribution is -2.35. The molecule has 2 N–H and O–H groups in total. The van der Waals surface area contributed by atoms with Gasteiger partial charge in [-0.25, -0.2) is 17.6 Å². The summed E-state index contributed by atoms with van der Waals surface area (Å²) in [5, 5.41) is 5.51. The average molecular weight is 463 g/mol. The number of nitrogens with zero attached hydrogens (tertiary/aromatic N) is 1. The normalized spacial score (nSPS) is 15.3. The number of anilines is 1. The number of benzene rings is 3. The number of nitrogens with one attached hydrogen (secondary N) is 2. The minimum atomic E-state index is -4.21. The Morgan fingerprint density at radius 1 is 0.969 bits per heavy atom. The second-order valence-electron chi connectivity index (χ2n) is 7.25. The molecular formula is C22H17F4N3O2S. The largest absolute Gasteiger partial charge is 0.351 e. The van der Waals surface area contributed by atoms with E-state index in [1.807, 2.05) is 0 Å². The maximum Gasteiger partial charge on any atom is 0.287 e. The first-order valence-electron chi connectivity index (χ1n) is 9.53. The predicted octanol–water partition coefficient (Wildman–Crippen LogP) is 4.65. The molecule has 1 aliphatic heterocycles. The first kappa shape index (κ1) is 21.8. The van der Waals surface area contributed by atoms with E-state index < -0.39 is 39.2 Å². The molecule has 32 heavy (non-hydrogen) atoms. The van der Waals surface area contributed by atoms with Gasteiger partial charge in [0.05, 0.1) is 5.69 Å². The predicted molar refractivity (Wildman–Crippen MR) is 112 cm³/mol. The fourth-order valence-electron chi connectivity index (χ4n) is 3.57. The molecule has 0 saturated carbocycles. The Morgan fingerprint density at radius 2 is 1.72 bits per heavy atom. The summed E-state index contributed by atoms with van der Waals surface area (Å²) in [5.41, 5.74) is 0.308. The Balaban J connectivity index is 1.72. The molecule has 1 atom stereocenters. The molecule has 10 heteroatoms. The molecule has 4 rings (SSSR count). The number of halogens is 4. The molecule has 0 radical (unpaired) electrons. The Kier molecular flexibility index (Phi) is 5.64. The van der Waals surface area contributed by atoms with Crippen LogP contribution < -0.4 is 10.6 Å². The Labute approximate surface area is 181 Å². The number of hydrogen-bond acceptors (Lipinski definition) is 4. The molecule has 0 aromatic heterocycles. The lowest BCUT2D eigenvalue weighted by molar-refractivity contribution is 0.560. The van der Waals surface area contributed by atoms with Crippen molar-refractivity contribution in [2.45, 2.75) is 24.3 Å². The molecule has 0 bridgehead atoms. The van der Waals surface area contributed by atoms with Crippen LogP contribution in [0.2, 0.25) is 0 Å². The van der Waals surface area contributed by atoms with Gasteiger partial charge < -0.3 is 10.6 Å². The average Bonchev–Trinajstić information content (AvgIpc) is 2.71. The van der Waals surface area contributed by atoms with Crippen molar-refractivity contribution in [2.24, 2.45) is 4.40 Å². The first-order chi connectivity index (χ1) is 15.2. The van der Waals surface area contributed by atoms with E-state index in [-0.39, 0.29) is 34.2 Å². The minimum absolute atomic E-state index is 0.00493. The zero-order valence-corrected chi connectivity index (χ0v) is 17.5. The summed E-state index contributed by atoms with van der Waals surface area (Å²) in [6.07, 6.45) is 0. The summed E-state index contributed by atoms with van der Waals surface area (Å²) in [6, 6.07) is 10.6. The number of sulfonamides is 1. The van der Waals surface area contributed by atoms with Crippen LogP contribution in [-0.2, 0) is 16.6 Å². The quantitative estimate of drug-likeness (QED) is 0.553. The molecule has 0 unspecified atom stereocenters. The van der Waals surface area contributed by atoms with Gasteiger partial charge in [-0.05, 0) is 41.5 Å². The zero-order chi connectivity index (χ0) is 23.0. The maximum atomic E-state index is 14.9. The second kappa shape index (κ2) is 8.27. The Hall–Kier alpha value is -3.40. The van der Waals surface area contributed by atoms with Gasteiger partial charge in [-0.3, -0.25) is 0 Å². The van der Waals surface area contributed by atoms with Gasteiger partial charge in [0.15, 0.2) is 0 Å². The van der Waals surface area contributed by atoms with Gasteiger partial charge in [0.25, 0.3) is 10.0 Å². The summed E-state index contributed by atoms with van der Waals surface area (Å²) in [7, 11) is -4.21. The summed E-state index contributed by atoms with van der Waals surface area (Å²) in [5.74, 6) is -4.04. The van der Waals surface area contributed by atoms with E-state index in [0.29, 0.717) is 11.6 Å². The highest BCUT2D eigenvalue weighted by Gasteiger charge is 2.31. The van der Waals surface area contributed by atoms with Crippen molar-refractivity contribution >= 4 is 21.7 Å². The van der Waals surface area contributed by atoms with Crippen molar-refractivity contribution in [3.63, 3.8) is 0 Å². The fraction of sp³-hybridized carbons (Fsp3) is 0.136. The summed E-state index contributed by atoms with van der Waals surface area (Å²) < 4.78 is 85.0. The van der Waals surface area contributed by atoms with E-state index >= 15 is 0 Å². The minimum Gasteiger partial charge on any atom is -0.351 e. The third-order valence-corrected chi connectivity index (χ3v) is 6.42. The van der Waals surface area contributed by atoms with Gasteiger partial charge in [0.2, 0.25) is 5.96 Å². The number of hydrogen-bond donors (Lipinski definition) is 2. The summed E-state index contributed by atoms with van der Waals surface area (Å²) in [4.78, 5) is -0.278. The van der Waals surface area contributed by atoms with Crippen LogP contribution in [-0.4, -0.2) is 14.4 Å². The Bertz CT molecular complexity index is 1340. The van der Waals surface area contributed by atoms with Crippen molar-refractivity contribution < 1.29 is 26.0 Å². The molecule has 0 aliphatic carbocycles. The molecule has 166 valence electrons. The van der Waals surface area contributed by atoms with Crippen molar-refractivity contribution in [1.29, 1.82) is 0 Å². The standard InChI is InChI=1S/C22H17F4N3O2S/c1-12(16-6-5-15(24)10-18(16)26)20-17(25)7-8-19-21(20)28-22(29-32(19,30)31)27-11-13-3-2-4-14(23)9-13/h2-10,12H,11H2,1H3,(H2,27,28,29)/t12-/m0/s1. The van der Waals surface area contributed by atoms with Crippen LogP contribution in [0.1, 0.15) is 29.5 Å². The van der Waals surface area contributed by atoms with Crippen molar-refractivity contribution in [3.8, 4) is 0 Å². The molecule has 3 aromatic rings. The Morgan fingerprint density at radius 3 is 2.44 bits per heavy atom. The lowest BCUT2D eigenvalue weighted by Gasteiger charge is -2.25. The lowest BCUT2D eigenvalue weighted by atomic mass is 9.90. The molecule has 3 aromatic carbocycles. The second-order valence-corrected chi connectivity index (χ2v) is 8.82. The number of rotatable bonds is 4. The number of guanidine groups is 1. The number of fused-ring (bicyclic) bond motifs is 1. The van der Waals surface area contributed by atoms with E-state index in [4.69, 9.17) is 0 Å². The van der Waals surface area contributed by atoms with Crippen LogP contribution in [0.3, 0.4) is 0 Å². The highest BCUT2D eigenvalue weighted by atomic mass is 32.2. The topological polar surface area (TPSA) is 70.6 Å². The summed E-state index contributed by atoms with van der Waals surface area (Å²) in [6.45, 7) is 1.52. The highest BCUT2D eigenvalue weighted by molar-refractivity contribution is 7.90. The molecule has 1 heterocycles. The fourth-order valence-corrected chi connectivity index (χ4v) is 4.68. The molecule has 0 saturated heterocycles. The third-order valence-electron chi connectivity index (χ3n) is 5.10.